The minimum Gasteiger partial charge on any atom is -0.477 e. The minimum atomic E-state index is -0.871. The predicted molar refractivity (Wildman–Crippen MR) is 86.5 cm³/mol. The van der Waals surface area contributed by atoms with Gasteiger partial charge in [-0.3, -0.25) is 0 Å². The van der Waals surface area contributed by atoms with Crippen molar-refractivity contribution < 1.29 is 9.90 Å². The third kappa shape index (κ3) is 3.28. The fourth-order valence-electron chi connectivity index (χ4n) is 2.28. The van der Waals surface area contributed by atoms with Gasteiger partial charge in [0, 0.05) is 29.0 Å². The fraction of sp³-hybridized carbons (Fsp3) is 0.714. The highest BCUT2D eigenvalue weighted by Gasteiger charge is 2.32. The van der Waals surface area contributed by atoms with E-state index >= 15 is 0 Å². The summed E-state index contributed by atoms with van der Waals surface area (Å²) in [6.45, 7) is 12.3. The first-order valence-electron chi connectivity index (χ1n) is 6.74. The van der Waals surface area contributed by atoms with E-state index in [-0.39, 0.29) is 10.2 Å². The Morgan fingerprint density at radius 1 is 1.40 bits per heavy atom. The molecular formula is C14H22N2O2S2. The van der Waals surface area contributed by atoms with Gasteiger partial charge in [-0.05, 0) is 13.8 Å². The average Bonchev–Trinajstić information content (AvgIpc) is 2.71. The maximum atomic E-state index is 11.4. The van der Waals surface area contributed by atoms with Crippen LogP contribution in [0.5, 0.6) is 0 Å². The zero-order valence-corrected chi connectivity index (χ0v) is 14.3. The van der Waals surface area contributed by atoms with Gasteiger partial charge in [-0.2, -0.15) is 11.8 Å². The van der Waals surface area contributed by atoms with Crippen molar-refractivity contribution in [3.05, 3.63) is 10.6 Å². The van der Waals surface area contributed by atoms with Crippen LogP contribution >= 0.6 is 23.1 Å². The summed E-state index contributed by atoms with van der Waals surface area (Å²) in [5.41, 5.74) is 0.448. The first-order valence-corrected chi connectivity index (χ1v) is 8.54. The van der Waals surface area contributed by atoms with Crippen molar-refractivity contribution >= 4 is 34.2 Å². The average molecular weight is 314 g/mol. The van der Waals surface area contributed by atoms with Crippen LogP contribution in [0.15, 0.2) is 0 Å². The van der Waals surface area contributed by atoms with Crippen molar-refractivity contribution in [3.8, 4) is 0 Å². The largest absolute Gasteiger partial charge is 0.477 e. The van der Waals surface area contributed by atoms with Crippen molar-refractivity contribution in [2.45, 2.75) is 44.8 Å². The Bertz CT molecular complexity index is 518. The Kier molecular flexibility index (Phi) is 4.08. The second-order valence-corrected chi connectivity index (χ2v) is 9.54. The Morgan fingerprint density at radius 3 is 2.50 bits per heavy atom. The molecule has 4 nitrogen and oxygen atoms in total. The molecule has 6 heteroatoms. The van der Waals surface area contributed by atoms with Crippen LogP contribution in [0.2, 0.25) is 0 Å². The number of carboxylic acids is 1. The lowest BCUT2D eigenvalue weighted by molar-refractivity contribution is 0.0699. The molecule has 0 atom stereocenters. The molecule has 1 aromatic rings. The van der Waals surface area contributed by atoms with Crippen LogP contribution in [0.25, 0.3) is 0 Å². The number of rotatable bonds is 2. The number of thiazole rings is 1. The summed E-state index contributed by atoms with van der Waals surface area (Å²) in [6.07, 6.45) is 0. The molecule has 1 aliphatic heterocycles. The zero-order valence-electron chi connectivity index (χ0n) is 12.7. The highest BCUT2D eigenvalue weighted by Crippen LogP contribution is 2.37. The number of hydrogen-bond donors (Lipinski definition) is 1. The SMILES string of the molecule is CC1(C)CN(c2nc(C(C)(C)C)c(C(=O)O)s2)CCS1. The molecule has 0 unspecified atom stereocenters. The monoisotopic (exact) mass is 314 g/mol. The van der Waals surface area contributed by atoms with Gasteiger partial charge in [0.2, 0.25) is 0 Å². The molecule has 1 aromatic heterocycles. The van der Waals surface area contributed by atoms with E-state index in [0.717, 1.165) is 24.0 Å². The maximum Gasteiger partial charge on any atom is 0.347 e. The van der Waals surface area contributed by atoms with E-state index in [1.807, 2.05) is 32.5 Å². The molecule has 2 rings (SSSR count). The first-order chi connectivity index (χ1) is 9.10. The number of aromatic carboxylic acids is 1. The lowest BCUT2D eigenvalue weighted by Gasteiger charge is -2.37. The molecule has 0 aliphatic carbocycles. The van der Waals surface area contributed by atoms with Crippen molar-refractivity contribution in [1.82, 2.24) is 4.98 Å². The lowest BCUT2D eigenvalue weighted by Crippen LogP contribution is -2.43. The predicted octanol–water partition coefficient (Wildman–Crippen LogP) is 3.47. The topological polar surface area (TPSA) is 53.4 Å². The second kappa shape index (κ2) is 5.22. The van der Waals surface area contributed by atoms with Gasteiger partial charge in [0.25, 0.3) is 0 Å². The fourth-order valence-corrected chi connectivity index (χ4v) is 4.53. The molecule has 0 spiro atoms. The van der Waals surface area contributed by atoms with E-state index in [1.165, 1.54) is 11.3 Å². The van der Waals surface area contributed by atoms with Crippen LogP contribution in [0.4, 0.5) is 5.13 Å². The van der Waals surface area contributed by atoms with E-state index in [0.29, 0.717) is 10.6 Å². The Balaban J connectivity index is 2.36. The second-order valence-electron chi connectivity index (χ2n) is 6.76. The Hall–Kier alpha value is -0.750. The number of aromatic nitrogens is 1. The Labute approximate surface area is 128 Å². The summed E-state index contributed by atoms with van der Waals surface area (Å²) in [5, 5.41) is 10.2. The van der Waals surface area contributed by atoms with E-state index < -0.39 is 5.97 Å². The van der Waals surface area contributed by atoms with Crippen molar-refractivity contribution in [2.75, 3.05) is 23.7 Å². The molecule has 0 aromatic carbocycles. The van der Waals surface area contributed by atoms with Crippen molar-refractivity contribution in [3.63, 3.8) is 0 Å². The molecule has 1 saturated heterocycles. The van der Waals surface area contributed by atoms with Gasteiger partial charge < -0.3 is 10.0 Å². The summed E-state index contributed by atoms with van der Waals surface area (Å²) in [6, 6.07) is 0. The first kappa shape index (κ1) is 15.6. The van der Waals surface area contributed by atoms with Crippen molar-refractivity contribution in [1.29, 1.82) is 0 Å². The molecule has 112 valence electrons. The molecule has 1 fully saturated rings. The zero-order chi connectivity index (χ0) is 15.1. The van der Waals surface area contributed by atoms with Crippen LogP contribution < -0.4 is 4.90 Å². The van der Waals surface area contributed by atoms with E-state index in [9.17, 15) is 9.90 Å². The lowest BCUT2D eigenvalue weighted by atomic mass is 9.91. The number of thioether (sulfide) groups is 1. The third-order valence-electron chi connectivity index (χ3n) is 3.22. The van der Waals surface area contributed by atoms with Gasteiger partial charge in [-0.25, -0.2) is 9.78 Å². The standard InChI is InChI=1S/C14H22N2O2S2/c1-13(2,3)10-9(11(17)18)20-12(15-10)16-6-7-19-14(4,5)8-16/h6-8H2,1-5H3,(H,17,18). The van der Waals surface area contributed by atoms with Crippen LogP contribution in [-0.2, 0) is 5.41 Å². The quantitative estimate of drug-likeness (QED) is 0.906. The summed E-state index contributed by atoms with van der Waals surface area (Å²) in [7, 11) is 0. The molecule has 0 bridgehead atoms. The number of nitrogens with zero attached hydrogens (tertiary/aromatic N) is 2. The smallest absolute Gasteiger partial charge is 0.347 e. The van der Waals surface area contributed by atoms with Gasteiger partial charge in [0.15, 0.2) is 5.13 Å². The van der Waals surface area contributed by atoms with E-state index in [4.69, 9.17) is 0 Å². The minimum absolute atomic E-state index is 0.190. The van der Waals surface area contributed by atoms with Crippen LogP contribution in [-0.4, -0.2) is 39.6 Å². The molecule has 1 N–H and O–H groups in total. The van der Waals surface area contributed by atoms with Crippen LogP contribution in [0, 0.1) is 0 Å². The van der Waals surface area contributed by atoms with Gasteiger partial charge in [0.05, 0.1) is 5.69 Å². The number of anilines is 1. The van der Waals surface area contributed by atoms with Crippen LogP contribution in [0.1, 0.15) is 50.0 Å². The van der Waals surface area contributed by atoms with Gasteiger partial charge in [0.1, 0.15) is 4.88 Å². The Morgan fingerprint density at radius 2 is 2.05 bits per heavy atom. The van der Waals surface area contributed by atoms with E-state index in [1.54, 1.807) is 0 Å². The van der Waals surface area contributed by atoms with Gasteiger partial charge in [-0.1, -0.05) is 32.1 Å². The summed E-state index contributed by atoms with van der Waals surface area (Å²) in [5.74, 6) is 0.184. The molecule has 0 saturated carbocycles. The van der Waals surface area contributed by atoms with Crippen molar-refractivity contribution in [2.24, 2.45) is 0 Å². The summed E-state index contributed by atoms with van der Waals surface area (Å²) in [4.78, 5) is 18.7. The molecule has 1 aliphatic rings. The molecule has 2 heterocycles. The normalized spacial score (nSPS) is 19.1. The van der Waals surface area contributed by atoms with E-state index in [2.05, 4.69) is 23.7 Å². The molecule has 0 radical (unpaired) electrons. The van der Waals surface area contributed by atoms with Crippen LogP contribution in [0.3, 0.4) is 0 Å². The molecular weight excluding hydrogens is 292 g/mol. The third-order valence-corrected chi connectivity index (χ3v) is 5.62. The number of carbonyl (C=O) groups is 1. The molecule has 0 amide bonds. The number of carboxylic acid groups (broad SMARTS) is 1. The highest BCUT2D eigenvalue weighted by molar-refractivity contribution is 8.00. The summed E-state index contributed by atoms with van der Waals surface area (Å²) < 4.78 is 0.190. The summed E-state index contributed by atoms with van der Waals surface area (Å²) >= 11 is 3.27. The van der Waals surface area contributed by atoms with Gasteiger partial charge in [-0.15, -0.1) is 0 Å². The number of hydrogen-bond acceptors (Lipinski definition) is 5. The molecule has 20 heavy (non-hydrogen) atoms. The van der Waals surface area contributed by atoms with Gasteiger partial charge >= 0.3 is 5.97 Å². The highest BCUT2D eigenvalue weighted by atomic mass is 32.2. The maximum absolute atomic E-state index is 11.4.